The number of nitroso groups, excluding NO2 is 1. The Balaban J connectivity index is 1.98. The molecule has 0 amide bonds. The average Bonchev–Trinajstić information content (AvgIpc) is 3.05. The van der Waals surface area contributed by atoms with Crippen LogP contribution in [0.25, 0.3) is 11.1 Å². The minimum atomic E-state index is -0.463. The second-order valence-electron chi connectivity index (χ2n) is 6.85. The predicted octanol–water partition coefficient (Wildman–Crippen LogP) is 6.45. The zero-order chi connectivity index (χ0) is 18.3. The lowest BCUT2D eigenvalue weighted by Gasteiger charge is -2.33. The van der Waals surface area contributed by atoms with Gasteiger partial charge in [-0.2, -0.15) is 0 Å². The van der Waals surface area contributed by atoms with Crippen LogP contribution in [0.5, 0.6) is 0 Å². The highest BCUT2D eigenvalue weighted by Gasteiger charge is 2.45. The molecule has 0 aromatic heterocycles. The van der Waals surface area contributed by atoms with Crippen LogP contribution in [-0.4, -0.2) is 0 Å². The van der Waals surface area contributed by atoms with E-state index in [9.17, 15) is 4.91 Å². The van der Waals surface area contributed by atoms with Crippen LogP contribution in [0.15, 0.2) is 108 Å². The molecule has 0 spiro atoms. The van der Waals surface area contributed by atoms with Gasteiger partial charge in [-0.25, -0.2) is 0 Å². The van der Waals surface area contributed by atoms with Gasteiger partial charge in [0.15, 0.2) is 0 Å². The molecule has 0 bridgehead atoms. The highest BCUT2D eigenvalue weighted by atomic mass is 16.3. The molecule has 0 radical (unpaired) electrons. The zero-order valence-electron chi connectivity index (χ0n) is 14.7. The van der Waals surface area contributed by atoms with Crippen molar-refractivity contribution in [2.24, 2.45) is 5.18 Å². The molecule has 4 aromatic rings. The third-order valence-electron chi connectivity index (χ3n) is 5.55. The largest absolute Gasteiger partial charge is 0.145 e. The SMILES string of the molecule is O=Nc1ccc2c(c1)C(c1ccccc1)(c1ccccc1)c1ccccc1-2. The molecule has 0 N–H and O–H groups in total. The van der Waals surface area contributed by atoms with E-state index < -0.39 is 5.41 Å². The van der Waals surface area contributed by atoms with Crippen molar-refractivity contribution in [2.45, 2.75) is 5.41 Å². The second kappa shape index (κ2) is 6.03. The quantitative estimate of drug-likeness (QED) is 0.345. The van der Waals surface area contributed by atoms with E-state index in [4.69, 9.17) is 0 Å². The van der Waals surface area contributed by atoms with E-state index in [0.717, 1.165) is 11.1 Å². The number of rotatable bonds is 3. The van der Waals surface area contributed by atoms with Gasteiger partial charge in [0, 0.05) is 0 Å². The summed E-state index contributed by atoms with van der Waals surface area (Å²) in [6, 6.07) is 35.3. The van der Waals surface area contributed by atoms with Crippen LogP contribution in [-0.2, 0) is 5.41 Å². The summed E-state index contributed by atoms with van der Waals surface area (Å²) in [6.45, 7) is 0. The monoisotopic (exact) mass is 347 g/mol. The van der Waals surface area contributed by atoms with E-state index in [1.54, 1.807) is 6.07 Å². The molecule has 0 fully saturated rings. The minimum Gasteiger partial charge on any atom is -0.145 e. The summed E-state index contributed by atoms with van der Waals surface area (Å²) in [5.74, 6) is 0. The number of nitrogens with zero attached hydrogens (tertiary/aromatic N) is 1. The summed E-state index contributed by atoms with van der Waals surface area (Å²) >= 11 is 0. The van der Waals surface area contributed by atoms with E-state index in [1.807, 2.05) is 24.3 Å². The Morgan fingerprint density at radius 3 is 1.74 bits per heavy atom. The average molecular weight is 347 g/mol. The summed E-state index contributed by atoms with van der Waals surface area (Å²) in [7, 11) is 0. The maximum atomic E-state index is 11.3. The smallest absolute Gasteiger partial charge is 0.108 e. The van der Waals surface area contributed by atoms with E-state index in [2.05, 4.69) is 78.0 Å². The number of hydrogen-bond donors (Lipinski definition) is 0. The van der Waals surface area contributed by atoms with Gasteiger partial charge in [-0.05, 0) is 50.7 Å². The molecule has 0 saturated heterocycles. The van der Waals surface area contributed by atoms with Gasteiger partial charge in [0.2, 0.25) is 0 Å². The molecule has 2 heteroatoms. The molecule has 1 aliphatic carbocycles. The summed E-state index contributed by atoms with van der Waals surface area (Å²) in [5.41, 5.74) is 7.07. The van der Waals surface area contributed by atoms with Crippen molar-refractivity contribution in [3.8, 4) is 11.1 Å². The van der Waals surface area contributed by atoms with Gasteiger partial charge in [0.1, 0.15) is 5.69 Å². The zero-order valence-corrected chi connectivity index (χ0v) is 14.7. The van der Waals surface area contributed by atoms with Crippen molar-refractivity contribution in [3.05, 3.63) is 130 Å². The highest BCUT2D eigenvalue weighted by Crippen LogP contribution is 2.56. The van der Waals surface area contributed by atoms with Gasteiger partial charge in [0.05, 0.1) is 5.41 Å². The third kappa shape index (κ3) is 2.13. The lowest BCUT2D eigenvalue weighted by Crippen LogP contribution is -2.28. The summed E-state index contributed by atoms with van der Waals surface area (Å²) in [6.07, 6.45) is 0. The topological polar surface area (TPSA) is 29.4 Å². The van der Waals surface area contributed by atoms with Crippen molar-refractivity contribution in [1.82, 2.24) is 0 Å². The van der Waals surface area contributed by atoms with Gasteiger partial charge in [-0.3, -0.25) is 0 Å². The van der Waals surface area contributed by atoms with Gasteiger partial charge >= 0.3 is 0 Å². The van der Waals surface area contributed by atoms with Crippen LogP contribution >= 0.6 is 0 Å². The van der Waals surface area contributed by atoms with Gasteiger partial charge in [-0.15, -0.1) is 4.91 Å². The van der Waals surface area contributed by atoms with Crippen molar-refractivity contribution >= 4 is 5.69 Å². The maximum absolute atomic E-state index is 11.3. The molecule has 2 nitrogen and oxygen atoms in total. The molecule has 0 aliphatic heterocycles. The fourth-order valence-electron chi connectivity index (χ4n) is 4.49. The lowest BCUT2D eigenvalue weighted by atomic mass is 9.67. The first-order chi connectivity index (χ1) is 13.4. The molecule has 4 aromatic carbocycles. The van der Waals surface area contributed by atoms with Gasteiger partial charge in [-0.1, -0.05) is 91.0 Å². The minimum absolute atomic E-state index is 0.456. The van der Waals surface area contributed by atoms with Gasteiger partial charge in [0.25, 0.3) is 0 Å². The Bertz CT molecular complexity index is 1090. The first-order valence-corrected chi connectivity index (χ1v) is 9.04. The van der Waals surface area contributed by atoms with Crippen molar-refractivity contribution in [3.63, 3.8) is 0 Å². The van der Waals surface area contributed by atoms with Crippen molar-refractivity contribution in [2.75, 3.05) is 0 Å². The summed E-state index contributed by atoms with van der Waals surface area (Å²) < 4.78 is 0. The Morgan fingerprint density at radius 2 is 1.11 bits per heavy atom. The maximum Gasteiger partial charge on any atom is 0.108 e. The van der Waals surface area contributed by atoms with E-state index in [1.165, 1.54) is 22.3 Å². The molecular formula is C25H17NO. The molecular weight excluding hydrogens is 330 g/mol. The Hall–Kier alpha value is -3.52. The Kier molecular flexibility index (Phi) is 3.51. The normalized spacial score (nSPS) is 13.6. The molecule has 0 unspecified atom stereocenters. The Morgan fingerprint density at radius 1 is 0.556 bits per heavy atom. The first kappa shape index (κ1) is 15.7. The summed E-state index contributed by atoms with van der Waals surface area (Å²) in [5, 5.41) is 3.21. The van der Waals surface area contributed by atoms with Crippen molar-refractivity contribution < 1.29 is 0 Å². The number of fused-ring (bicyclic) bond motifs is 3. The second-order valence-corrected chi connectivity index (χ2v) is 6.85. The van der Waals surface area contributed by atoms with Crippen LogP contribution in [0.1, 0.15) is 22.3 Å². The molecule has 0 atom stereocenters. The number of benzene rings is 4. The molecule has 27 heavy (non-hydrogen) atoms. The molecule has 1 aliphatic rings. The van der Waals surface area contributed by atoms with Crippen molar-refractivity contribution in [1.29, 1.82) is 0 Å². The van der Waals surface area contributed by atoms with Crippen LogP contribution in [0.3, 0.4) is 0 Å². The highest BCUT2D eigenvalue weighted by molar-refractivity contribution is 5.87. The van der Waals surface area contributed by atoms with E-state index >= 15 is 0 Å². The third-order valence-corrected chi connectivity index (χ3v) is 5.55. The fraction of sp³-hybridized carbons (Fsp3) is 0.0400. The lowest BCUT2D eigenvalue weighted by molar-refractivity contribution is 0.768. The van der Waals surface area contributed by atoms with E-state index in [0.29, 0.717) is 5.69 Å². The molecule has 128 valence electrons. The van der Waals surface area contributed by atoms with Crippen LogP contribution < -0.4 is 0 Å². The molecule has 0 heterocycles. The van der Waals surface area contributed by atoms with Crippen LogP contribution in [0.2, 0.25) is 0 Å². The molecule has 0 saturated carbocycles. The predicted molar refractivity (Wildman–Crippen MR) is 109 cm³/mol. The fourth-order valence-corrected chi connectivity index (χ4v) is 4.49. The standard InChI is InChI=1S/C25H17NO/c27-26-20-15-16-22-21-13-7-8-14-23(21)25(24(22)17-20,18-9-3-1-4-10-18)19-11-5-2-6-12-19/h1-17H. The van der Waals surface area contributed by atoms with Crippen LogP contribution in [0, 0.1) is 4.91 Å². The van der Waals surface area contributed by atoms with Crippen LogP contribution in [0.4, 0.5) is 5.69 Å². The van der Waals surface area contributed by atoms with Gasteiger partial charge < -0.3 is 0 Å². The Labute approximate surface area is 158 Å². The summed E-state index contributed by atoms with van der Waals surface area (Å²) in [4.78, 5) is 11.3. The van der Waals surface area contributed by atoms with E-state index in [-0.39, 0.29) is 0 Å². The first-order valence-electron chi connectivity index (χ1n) is 9.04. The number of hydrogen-bond acceptors (Lipinski definition) is 2. The molecule has 5 rings (SSSR count).